The first-order valence-corrected chi connectivity index (χ1v) is 7.22. The summed E-state index contributed by atoms with van der Waals surface area (Å²) in [6.45, 7) is 4.93. The standard InChI is InChI=1S/C16H24N2O/c1-11(2)12-5-3-7-14(9-12)18-16(19)15-8-4-6-13(15)10-17/h3,5,7,9,11,13,15H,4,6,8,10,17H2,1-2H3,(H,18,19)/t13-,15-/m1/s1. The summed E-state index contributed by atoms with van der Waals surface area (Å²) in [5.74, 6) is 1.05. The third-order valence-corrected chi connectivity index (χ3v) is 4.12. The summed E-state index contributed by atoms with van der Waals surface area (Å²) in [7, 11) is 0. The number of benzene rings is 1. The van der Waals surface area contributed by atoms with Gasteiger partial charge in [0.1, 0.15) is 0 Å². The second-order valence-corrected chi connectivity index (χ2v) is 5.80. The molecule has 1 aliphatic carbocycles. The van der Waals surface area contributed by atoms with Crippen molar-refractivity contribution in [2.24, 2.45) is 17.6 Å². The van der Waals surface area contributed by atoms with Crippen LogP contribution in [0.4, 0.5) is 5.69 Å². The molecule has 104 valence electrons. The van der Waals surface area contributed by atoms with Crippen LogP contribution < -0.4 is 11.1 Å². The number of nitrogens with one attached hydrogen (secondary N) is 1. The first-order valence-electron chi connectivity index (χ1n) is 7.22. The van der Waals surface area contributed by atoms with E-state index in [0.29, 0.717) is 18.4 Å². The second kappa shape index (κ2) is 6.20. The Morgan fingerprint density at radius 1 is 1.42 bits per heavy atom. The van der Waals surface area contributed by atoms with Gasteiger partial charge < -0.3 is 11.1 Å². The van der Waals surface area contributed by atoms with Crippen LogP contribution in [0.5, 0.6) is 0 Å². The van der Waals surface area contributed by atoms with Crippen molar-refractivity contribution in [1.82, 2.24) is 0 Å². The van der Waals surface area contributed by atoms with Gasteiger partial charge in [0.2, 0.25) is 5.91 Å². The average molecular weight is 260 g/mol. The maximum Gasteiger partial charge on any atom is 0.227 e. The van der Waals surface area contributed by atoms with Gasteiger partial charge in [0.25, 0.3) is 0 Å². The molecule has 0 aliphatic heterocycles. The van der Waals surface area contributed by atoms with Crippen molar-refractivity contribution in [3.63, 3.8) is 0 Å². The topological polar surface area (TPSA) is 55.1 Å². The van der Waals surface area contributed by atoms with E-state index in [9.17, 15) is 4.79 Å². The van der Waals surface area contributed by atoms with Crippen LogP contribution in [0, 0.1) is 11.8 Å². The molecule has 0 unspecified atom stereocenters. The number of nitrogens with two attached hydrogens (primary N) is 1. The van der Waals surface area contributed by atoms with Crippen LogP contribution in [0.1, 0.15) is 44.6 Å². The summed E-state index contributed by atoms with van der Waals surface area (Å²) < 4.78 is 0. The average Bonchev–Trinajstić information content (AvgIpc) is 2.87. The highest BCUT2D eigenvalue weighted by atomic mass is 16.1. The van der Waals surface area contributed by atoms with E-state index in [2.05, 4.69) is 31.3 Å². The normalized spacial score (nSPS) is 22.7. The molecule has 3 nitrogen and oxygen atoms in total. The molecule has 19 heavy (non-hydrogen) atoms. The van der Waals surface area contributed by atoms with E-state index in [1.807, 2.05) is 12.1 Å². The summed E-state index contributed by atoms with van der Waals surface area (Å²) in [5.41, 5.74) is 7.89. The zero-order valence-electron chi connectivity index (χ0n) is 11.9. The highest BCUT2D eigenvalue weighted by Gasteiger charge is 2.31. The molecule has 1 aromatic carbocycles. The van der Waals surface area contributed by atoms with E-state index >= 15 is 0 Å². The number of carbonyl (C=O) groups is 1. The Bertz CT molecular complexity index is 442. The molecule has 2 rings (SSSR count). The number of hydrogen-bond donors (Lipinski definition) is 2. The molecule has 0 saturated heterocycles. The molecule has 0 aromatic heterocycles. The Morgan fingerprint density at radius 2 is 2.21 bits per heavy atom. The first kappa shape index (κ1) is 14.1. The minimum atomic E-state index is 0.0905. The maximum atomic E-state index is 12.3. The Morgan fingerprint density at radius 3 is 2.89 bits per heavy atom. The van der Waals surface area contributed by atoms with Crippen molar-refractivity contribution in [2.45, 2.75) is 39.0 Å². The lowest BCUT2D eigenvalue weighted by Gasteiger charge is -2.18. The molecular formula is C16H24N2O. The number of carbonyl (C=O) groups excluding carboxylic acids is 1. The van der Waals surface area contributed by atoms with E-state index < -0.39 is 0 Å². The van der Waals surface area contributed by atoms with Gasteiger partial charge in [-0.25, -0.2) is 0 Å². The quantitative estimate of drug-likeness (QED) is 0.874. The third-order valence-electron chi connectivity index (χ3n) is 4.12. The molecule has 1 aromatic rings. The van der Waals surface area contributed by atoms with Gasteiger partial charge in [-0.1, -0.05) is 32.4 Å². The molecule has 0 heterocycles. The van der Waals surface area contributed by atoms with Gasteiger partial charge in [-0.05, 0) is 48.9 Å². The van der Waals surface area contributed by atoms with E-state index in [1.54, 1.807) is 0 Å². The summed E-state index contributed by atoms with van der Waals surface area (Å²) in [4.78, 5) is 12.3. The predicted molar refractivity (Wildman–Crippen MR) is 79.0 cm³/mol. The first-order chi connectivity index (χ1) is 9.11. The zero-order valence-corrected chi connectivity index (χ0v) is 11.9. The lowest BCUT2D eigenvalue weighted by atomic mass is 9.95. The second-order valence-electron chi connectivity index (χ2n) is 5.80. The van der Waals surface area contributed by atoms with Crippen molar-refractivity contribution in [2.75, 3.05) is 11.9 Å². The Balaban J connectivity index is 2.04. The molecule has 0 bridgehead atoms. The number of amides is 1. The number of hydrogen-bond acceptors (Lipinski definition) is 2. The summed E-state index contributed by atoms with van der Waals surface area (Å²) in [6.07, 6.45) is 3.17. The number of rotatable bonds is 4. The molecule has 1 aliphatic rings. The molecule has 2 atom stereocenters. The SMILES string of the molecule is CC(C)c1cccc(NC(=O)[C@@H]2CCC[C@@H]2CN)c1. The molecule has 3 N–H and O–H groups in total. The minimum Gasteiger partial charge on any atom is -0.330 e. The monoisotopic (exact) mass is 260 g/mol. The molecule has 1 amide bonds. The van der Waals surface area contributed by atoms with Crippen molar-refractivity contribution in [1.29, 1.82) is 0 Å². The maximum absolute atomic E-state index is 12.3. The molecular weight excluding hydrogens is 236 g/mol. The highest BCUT2D eigenvalue weighted by molar-refractivity contribution is 5.93. The van der Waals surface area contributed by atoms with Gasteiger partial charge in [0.05, 0.1) is 0 Å². The van der Waals surface area contributed by atoms with Crippen LogP contribution in [0.2, 0.25) is 0 Å². The van der Waals surface area contributed by atoms with Gasteiger partial charge in [0, 0.05) is 11.6 Å². The van der Waals surface area contributed by atoms with Crippen LogP contribution in [-0.4, -0.2) is 12.5 Å². The fourth-order valence-corrected chi connectivity index (χ4v) is 2.87. The minimum absolute atomic E-state index is 0.0905. The van der Waals surface area contributed by atoms with E-state index in [1.165, 1.54) is 5.56 Å². The van der Waals surface area contributed by atoms with Crippen molar-refractivity contribution in [3.05, 3.63) is 29.8 Å². The van der Waals surface area contributed by atoms with E-state index in [4.69, 9.17) is 5.73 Å². The van der Waals surface area contributed by atoms with Gasteiger partial charge in [-0.3, -0.25) is 4.79 Å². The van der Waals surface area contributed by atoms with Gasteiger partial charge in [0.15, 0.2) is 0 Å². The lowest BCUT2D eigenvalue weighted by molar-refractivity contribution is -0.120. The van der Waals surface area contributed by atoms with Crippen molar-refractivity contribution < 1.29 is 4.79 Å². The van der Waals surface area contributed by atoms with Gasteiger partial charge in [-0.2, -0.15) is 0 Å². The van der Waals surface area contributed by atoms with Crippen LogP contribution >= 0.6 is 0 Å². The summed E-state index contributed by atoms with van der Waals surface area (Å²) >= 11 is 0. The van der Waals surface area contributed by atoms with Crippen LogP contribution in [0.3, 0.4) is 0 Å². The fraction of sp³-hybridized carbons (Fsp3) is 0.562. The zero-order chi connectivity index (χ0) is 13.8. The van der Waals surface area contributed by atoms with E-state index in [0.717, 1.165) is 24.9 Å². The molecule has 3 heteroatoms. The largest absolute Gasteiger partial charge is 0.330 e. The lowest BCUT2D eigenvalue weighted by Crippen LogP contribution is -2.29. The number of anilines is 1. The Kier molecular flexibility index (Phi) is 4.59. The molecule has 1 saturated carbocycles. The molecule has 0 radical (unpaired) electrons. The van der Waals surface area contributed by atoms with Crippen molar-refractivity contribution in [3.8, 4) is 0 Å². The molecule has 1 fully saturated rings. The molecule has 0 spiro atoms. The van der Waals surface area contributed by atoms with Crippen LogP contribution in [0.15, 0.2) is 24.3 Å². The van der Waals surface area contributed by atoms with Crippen LogP contribution in [0.25, 0.3) is 0 Å². The Hall–Kier alpha value is -1.35. The smallest absolute Gasteiger partial charge is 0.227 e. The van der Waals surface area contributed by atoms with Crippen LogP contribution in [-0.2, 0) is 4.79 Å². The summed E-state index contributed by atoms with van der Waals surface area (Å²) in [6, 6.07) is 8.11. The Labute approximate surface area is 115 Å². The third kappa shape index (κ3) is 3.35. The highest BCUT2D eigenvalue weighted by Crippen LogP contribution is 2.32. The summed E-state index contributed by atoms with van der Waals surface area (Å²) in [5, 5.41) is 3.05. The van der Waals surface area contributed by atoms with Gasteiger partial charge in [-0.15, -0.1) is 0 Å². The van der Waals surface area contributed by atoms with Crippen molar-refractivity contribution >= 4 is 11.6 Å². The van der Waals surface area contributed by atoms with Gasteiger partial charge >= 0.3 is 0 Å². The fourth-order valence-electron chi connectivity index (χ4n) is 2.87. The predicted octanol–water partition coefficient (Wildman–Crippen LogP) is 3.12. The van der Waals surface area contributed by atoms with E-state index in [-0.39, 0.29) is 11.8 Å².